The fraction of sp³-hybridized carbons (Fsp3) is 0.417. The Morgan fingerprint density at radius 3 is 2.95 bits per heavy atom. The van der Waals surface area contributed by atoms with Crippen LogP contribution in [0.4, 0.5) is 0 Å². The third-order valence-corrected chi connectivity index (χ3v) is 4.25. The van der Waals surface area contributed by atoms with Gasteiger partial charge in [0.15, 0.2) is 0 Å². The van der Waals surface area contributed by atoms with E-state index in [1.54, 1.807) is 0 Å². The molecule has 7 heteroatoms. The highest BCUT2D eigenvalue weighted by atomic mass is 32.1. The van der Waals surface area contributed by atoms with Gasteiger partial charge in [0.2, 0.25) is 5.89 Å². The molecule has 0 aromatic carbocycles. The van der Waals surface area contributed by atoms with Crippen molar-refractivity contribution in [1.82, 2.24) is 15.5 Å². The average Bonchev–Trinajstić information content (AvgIpc) is 2.97. The Kier molecular flexibility index (Phi) is 3.08. The van der Waals surface area contributed by atoms with Crippen molar-refractivity contribution in [2.45, 2.75) is 31.3 Å². The van der Waals surface area contributed by atoms with E-state index < -0.39 is 11.5 Å². The molecule has 19 heavy (non-hydrogen) atoms. The van der Waals surface area contributed by atoms with E-state index in [1.807, 2.05) is 17.5 Å². The highest BCUT2D eigenvalue weighted by molar-refractivity contribution is 7.13. The molecule has 2 heterocycles. The zero-order valence-corrected chi connectivity index (χ0v) is 10.9. The van der Waals surface area contributed by atoms with Crippen LogP contribution >= 0.6 is 11.3 Å². The number of nitrogens with zero attached hydrogens (tertiary/aromatic N) is 2. The fourth-order valence-electron chi connectivity index (χ4n) is 2.07. The summed E-state index contributed by atoms with van der Waals surface area (Å²) in [6.07, 6.45) is 2.23. The number of hydrogen-bond donors (Lipinski definition) is 2. The molecule has 0 radical (unpaired) electrons. The summed E-state index contributed by atoms with van der Waals surface area (Å²) in [6, 6.07) is 3.82. The monoisotopic (exact) mass is 279 g/mol. The molecular formula is C12H13N3O3S. The molecule has 0 bridgehead atoms. The summed E-state index contributed by atoms with van der Waals surface area (Å²) in [6.45, 7) is 0.282. The number of aliphatic carboxylic acids is 1. The summed E-state index contributed by atoms with van der Waals surface area (Å²) < 4.78 is 5.50. The smallest absolute Gasteiger partial charge is 0.323 e. The zero-order valence-electron chi connectivity index (χ0n) is 10.1. The third kappa shape index (κ3) is 2.26. The minimum Gasteiger partial charge on any atom is -0.480 e. The molecule has 0 spiro atoms. The standard InChI is InChI=1S/C12H13N3O3S/c16-11(17)12(4-2-5-12)13-7-9-14-15-10(18-9)8-3-1-6-19-8/h1,3,6,13H,2,4-5,7H2,(H,16,17). The van der Waals surface area contributed by atoms with Gasteiger partial charge in [0.25, 0.3) is 5.89 Å². The largest absolute Gasteiger partial charge is 0.480 e. The highest BCUT2D eigenvalue weighted by Gasteiger charge is 2.44. The zero-order chi connectivity index (χ0) is 13.3. The van der Waals surface area contributed by atoms with E-state index in [9.17, 15) is 9.90 Å². The molecule has 2 aromatic rings. The molecule has 1 aliphatic carbocycles. The van der Waals surface area contributed by atoms with Crippen LogP contribution in [-0.2, 0) is 11.3 Å². The second-order valence-electron chi connectivity index (χ2n) is 4.57. The average molecular weight is 279 g/mol. The molecule has 1 aliphatic rings. The molecule has 3 rings (SSSR count). The molecule has 0 saturated heterocycles. The van der Waals surface area contributed by atoms with Gasteiger partial charge in [0.05, 0.1) is 11.4 Å². The molecule has 1 saturated carbocycles. The number of carboxylic acids is 1. The number of hydrogen-bond acceptors (Lipinski definition) is 6. The van der Waals surface area contributed by atoms with Gasteiger partial charge in [-0.3, -0.25) is 10.1 Å². The van der Waals surface area contributed by atoms with Crippen molar-refractivity contribution in [2.75, 3.05) is 0 Å². The predicted molar refractivity (Wildman–Crippen MR) is 68.7 cm³/mol. The summed E-state index contributed by atoms with van der Waals surface area (Å²) >= 11 is 1.52. The van der Waals surface area contributed by atoms with Crippen LogP contribution in [0, 0.1) is 0 Å². The maximum atomic E-state index is 11.2. The van der Waals surface area contributed by atoms with Crippen molar-refractivity contribution in [3.05, 3.63) is 23.4 Å². The number of carboxylic acid groups (broad SMARTS) is 1. The first-order valence-electron chi connectivity index (χ1n) is 6.04. The summed E-state index contributed by atoms with van der Waals surface area (Å²) in [5, 5.41) is 22.0. The Morgan fingerprint density at radius 2 is 2.37 bits per heavy atom. The summed E-state index contributed by atoms with van der Waals surface area (Å²) in [5.41, 5.74) is -0.808. The Hall–Kier alpha value is -1.73. The van der Waals surface area contributed by atoms with Gasteiger partial charge in [0, 0.05) is 0 Å². The molecule has 2 aromatic heterocycles. The van der Waals surface area contributed by atoms with E-state index in [4.69, 9.17) is 4.42 Å². The van der Waals surface area contributed by atoms with Gasteiger partial charge in [-0.25, -0.2) is 0 Å². The highest BCUT2D eigenvalue weighted by Crippen LogP contribution is 2.32. The Labute approximate surface area is 113 Å². The number of thiophene rings is 1. The lowest BCUT2D eigenvalue weighted by molar-refractivity contribution is -0.149. The Morgan fingerprint density at radius 1 is 1.53 bits per heavy atom. The maximum absolute atomic E-state index is 11.2. The molecule has 0 amide bonds. The van der Waals surface area contributed by atoms with E-state index in [2.05, 4.69) is 15.5 Å². The van der Waals surface area contributed by atoms with Crippen LogP contribution in [0.2, 0.25) is 0 Å². The van der Waals surface area contributed by atoms with E-state index in [1.165, 1.54) is 11.3 Å². The minimum atomic E-state index is -0.809. The second-order valence-corrected chi connectivity index (χ2v) is 5.52. The molecule has 0 unspecified atom stereocenters. The molecule has 1 fully saturated rings. The maximum Gasteiger partial charge on any atom is 0.323 e. The molecule has 0 aliphatic heterocycles. The number of nitrogens with one attached hydrogen (secondary N) is 1. The van der Waals surface area contributed by atoms with Gasteiger partial charge in [-0.15, -0.1) is 21.5 Å². The first-order valence-corrected chi connectivity index (χ1v) is 6.92. The third-order valence-electron chi connectivity index (χ3n) is 3.39. The van der Waals surface area contributed by atoms with Crippen LogP contribution in [0.5, 0.6) is 0 Å². The van der Waals surface area contributed by atoms with Crippen molar-refractivity contribution < 1.29 is 14.3 Å². The number of carbonyl (C=O) groups is 1. The van der Waals surface area contributed by atoms with E-state index >= 15 is 0 Å². The Bertz CT molecular complexity index is 575. The first kappa shape index (κ1) is 12.3. The SMILES string of the molecule is O=C(O)C1(NCc2nnc(-c3cccs3)o2)CCC1. The van der Waals surface area contributed by atoms with Crippen molar-refractivity contribution in [2.24, 2.45) is 0 Å². The quantitative estimate of drug-likeness (QED) is 0.869. The van der Waals surface area contributed by atoms with Crippen molar-refractivity contribution in [1.29, 1.82) is 0 Å². The topological polar surface area (TPSA) is 88.2 Å². The number of rotatable bonds is 5. The molecule has 100 valence electrons. The molecular weight excluding hydrogens is 266 g/mol. The van der Waals surface area contributed by atoms with Gasteiger partial charge >= 0.3 is 5.97 Å². The van der Waals surface area contributed by atoms with Crippen LogP contribution in [0.25, 0.3) is 10.8 Å². The van der Waals surface area contributed by atoms with Gasteiger partial charge in [-0.05, 0) is 30.7 Å². The van der Waals surface area contributed by atoms with E-state index in [-0.39, 0.29) is 6.54 Å². The van der Waals surface area contributed by atoms with Crippen LogP contribution in [-0.4, -0.2) is 26.8 Å². The first-order chi connectivity index (χ1) is 9.20. The predicted octanol–water partition coefficient (Wildman–Crippen LogP) is 1.89. The second kappa shape index (κ2) is 4.75. The molecule has 2 N–H and O–H groups in total. The van der Waals surface area contributed by atoms with Crippen molar-refractivity contribution in [3.8, 4) is 10.8 Å². The van der Waals surface area contributed by atoms with Crippen LogP contribution in [0.15, 0.2) is 21.9 Å². The van der Waals surface area contributed by atoms with Gasteiger partial charge in [0.1, 0.15) is 5.54 Å². The molecule has 0 atom stereocenters. The molecule has 6 nitrogen and oxygen atoms in total. The fourth-order valence-corrected chi connectivity index (χ4v) is 2.71. The summed E-state index contributed by atoms with van der Waals surface area (Å²) in [4.78, 5) is 12.1. The minimum absolute atomic E-state index is 0.282. The van der Waals surface area contributed by atoms with Crippen molar-refractivity contribution >= 4 is 17.3 Å². The van der Waals surface area contributed by atoms with Gasteiger partial charge < -0.3 is 9.52 Å². The lowest BCUT2D eigenvalue weighted by Crippen LogP contribution is -2.56. The van der Waals surface area contributed by atoms with Gasteiger partial charge in [-0.1, -0.05) is 6.07 Å². The van der Waals surface area contributed by atoms with Crippen LogP contribution in [0.3, 0.4) is 0 Å². The summed E-state index contributed by atoms with van der Waals surface area (Å²) in [5.74, 6) is 0.0810. The lowest BCUT2D eigenvalue weighted by atomic mass is 9.77. The van der Waals surface area contributed by atoms with Crippen LogP contribution in [0.1, 0.15) is 25.2 Å². The van der Waals surface area contributed by atoms with E-state index in [0.29, 0.717) is 24.6 Å². The van der Waals surface area contributed by atoms with Gasteiger partial charge in [-0.2, -0.15) is 0 Å². The van der Waals surface area contributed by atoms with Crippen LogP contribution < -0.4 is 5.32 Å². The number of aromatic nitrogens is 2. The lowest BCUT2D eigenvalue weighted by Gasteiger charge is -2.38. The van der Waals surface area contributed by atoms with E-state index in [0.717, 1.165) is 11.3 Å². The summed E-state index contributed by atoms with van der Waals surface area (Å²) in [7, 11) is 0. The van der Waals surface area contributed by atoms with Crippen molar-refractivity contribution in [3.63, 3.8) is 0 Å². The Balaban J connectivity index is 1.66. The normalized spacial score (nSPS) is 17.1.